The summed E-state index contributed by atoms with van der Waals surface area (Å²) in [6.07, 6.45) is 6.43. The van der Waals surface area contributed by atoms with Crippen molar-refractivity contribution in [2.24, 2.45) is 5.41 Å². The first-order chi connectivity index (χ1) is 10.1. The summed E-state index contributed by atoms with van der Waals surface area (Å²) in [7, 11) is 0. The topological polar surface area (TPSA) is 53.5 Å². The van der Waals surface area contributed by atoms with Crippen LogP contribution in [0, 0.1) is 5.41 Å². The molecule has 1 spiro atoms. The summed E-state index contributed by atoms with van der Waals surface area (Å²) in [5, 5.41) is 0. The largest absolute Gasteiger partial charge is 0.342 e. The molecule has 3 heterocycles. The first kappa shape index (κ1) is 14.0. The lowest BCUT2D eigenvalue weighted by molar-refractivity contribution is -0.132. The second-order valence-electron chi connectivity index (χ2n) is 6.26. The van der Waals surface area contributed by atoms with Crippen molar-refractivity contribution in [1.82, 2.24) is 14.8 Å². The zero-order valence-electron chi connectivity index (χ0n) is 12.4. The number of hydrogen-bond acceptors (Lipinski definition) is 3. The number of carbonyl (C=O) groups is 2. The van der Waals surface area contributed by atoms with Crippen molar-refractivity contribution < 1.29 is 9.59 Å². The van der Waals surface area contributed by atoms with Crippen LogP contribution in [-0.2, 0) is 4.79 Å². The van der Waals surface area contributed by atoms with Gasteiger partial charge < -0.3 is 9.80 Å². The fourth-order valence-electron chi connectivity index (χ4n) is 3.59. The van der Waals surface area contributed by atoms with Gasteiger partial charge in [-0.15, -0.1) is 0 Å². The van der Waals surface area contributed by atoms with E-state index < -0.39 is 0 Å². The summed E-state index contributed by atoms with van der Waals surface area (Å²) in [5.41, 5.74) is 0.746. The quantitative estimate of drug-likeness (QED) is 0.787. The van der Waals surface area contributed by atoms with Gasteiger partial charge in [0.2, 0.25) is 5.91 Å². The highest BCUT2D eigenvalue weighted by Crippen LogP contribution is 2.39. The van der Waals surface area contributed by atoms with Crippen LogP contribution in [0.25, 0.3) is 0 Å². The number of carbonyl (C=O) groups excluding carboxylic acids is 2. The lowest BCUT2D eigenvalue weighted by atomic mass is 9.79. The van der Waals surface area contributed by atoms with Crippen molar-refractivity contribution in [3.63, 3.8) is 0 Å². The molecule has 0 bridgehead atoms. The van der Waals surface area contributed by atoms with Crippen LogP contribution in [-0.4, -0.2) is 52.8 Å². The maximum atomic E-state index is 12.5. The van der Waals surface area contributed by atoms with Crippen LogP contribution in [0.3, 0.4) is 0 Å². The van der Waals surface area contributed by atoms with Crippen molar-refractivity contribution in [1.29, 1.82) is 0 Å². The van der Waals surface area contributed by atoms with E-state index >= 15 is 0 Å². The molecule has 1 aromatic rings. The van der Waals surface area contributed by atoms with Crippen molar-refractivity contribution >= 4 is 11.8 Å². The summed E-state index contributed by atoms with van der Waals surface area (Å²) >= 11 is 0. The molecule has 2 amide bonds. The Bertz CT molecular complexity index is 546. The smallest absolute Gasteiger partial charge is 0.255 e. The minimum Gasteiger partial charge on any atom is -0.342 e. The van der Waals surface area contributed by atoms with Gasteiger partial charge in [-0.25, -0.2) is 0 Å². The Morgan fingerprint density at radius 3 is 2.71 bits per heavy atom. The van der Waals surface area contributed by atoms with Gasteiger partial charge in [0.1, 0.15) is 0 Å². The van der Waals surface area contributed by atoms with Crippen LogP contribution in [0.1, 0.15) is 36.5 Å². The Balaban J connectivity index is 1.70. The van der Waals surface area contributed by atoms with Crippen molar-refractivity contribution in [3.05, 3.63) is 30.1 Å². The van der Waals surface area contributed by atoms with Crippen LogP contribution in [0.5, 0.6) is 0 Å². The molecule has 3 rings (SSSR count). The average molecular weight is 287 g/mol. The van der Waals surface area contributed by atoms with E-state index in [2.05, 4.69) is 4.98 Å². The number of rotatable bonds is 1. The predicted molar refractivity (Wildman–Crippen MR) is 78.7 cm³/mol. The fraction of sp³-hybridized carbons (Fsp3) is 0.562. The van der Waals surface area contributed by atoms with Gasteiger partial charge in [-0.1, -0.05) is 0 Å². The summed E-state index contributed by atoms with van der Waals surface area (Å²) in [5.74, 6) is 0.200. The highest BCUT2D eigenvalue weighted by Gasteiger charge is 2.43. The molecule has 0 N–H and O–H groups in total. The molecule has 0 aromatic carbocycles. The monoisotopic (exact) mass is 287 g/mol. The number of aromatic nitrogens is 1. The third-order valence-corrected chi connectivity index (χ3v) is 4.74. The molecule has 2 saturated heterocycles. The highest BCUT2D eigenvalue weighted by molar-refractivity contribution is 5.94. The molecule has 1 unspecified atom stereocenters. The zero-order chi connectivity index (χ0) is 14.9. The molecule has 2 aliphatic rings. The van der Waals surface area contributed by atoms with E-state index in [1.165, 1.54) is 0 Å². The minimum absolute atomic E-state index is 0.0555. The summed E-state index contributed by atoms with van der Waals surface area (Å²) in [4.78, 5) is 32.0. The van der Waals surface area contributed by atoms with E-state index in [-0.39, 0.29) is 17.2 Å². The molecule has 0 radical (unpaired) electrons. The Morgan fingerprint density at radius 1 is 1.19 bits per heavy atom. The number of nitrogens with zero attached hydrogens (tertiary/aromatic N) is 3. The van der Waals surface area contributed by atoms with Gasteiger partial charge in [0.25, 0.3) is 5.91 Å². The standard InChI is InChI=1S/C16H21N3O2/c1-13(20)18-8-3-5-16(11-18)6-9-19(12-16)15(21)14-4-2-7-17-10-14/h2,4,7,10H,3,5-6,8-9,11-12H2,1H3. The normalized spacial score (nSPS) is 25.4. The number of hydrogen-bond donors (Lipinski definition) is 0. The summed E-state index contributed by atoms with van der Waals surface area (Å²) in [6, 6.07) is 3.60. The lowest BCUT2D eigenvalue weighted by Crippen LogP contribution is -2.47. The molecule has 5 heteroatoms. The van der Waals surface area contributed by atoms with Gasteiger partial charge in [0.05, 0.1) is 5.56 Å². The van der Waals surface area contributed by atoms with Gasteiger partial charge in [-0.2, -0.15) is 0 Å². The van der Waals surface area contributed by atoms with Gasteiger partial charge in [0.15, 0.2) is 0 Å². The predicted octanol–water partition coefficient (Wildman–Crippen LogP) is 1.56. The molecule has 1 aromatic heterocycles. The molecule has 0 saturated carbocycles. The summed E-state index contributed by atoms with van der Waals surface area (Å²) in [6.45, 7) is 4.81. The molecule has 1 atom stereocenters. The van der Waals surface area contributed by atoms with E-state index in [4.69, 9.17) is 0 Å². The third kappa shape index (κ3) is 2.77. The molecule has 2 fully saturated rings. The van der Waals surface area contributed by atoms with E-state index in [1.807, 2.05) is 15.9 Å². The van der Waals surface area contributed by atoms with E-state index in [9.17, 15) is 9.59 Å². The van der Waals surface area contributed by atoms with E-state index in [1.54, 1.807) is 25.4 Å². The Labute approximate surface area is 124 Å². The molecule has 0 aliphatic carbocycles. The zero-order valence-corrected chi connectivity index (χ0v) is 12.4. The first-order valence-corrected chi connectivity index (χ1v) is 7.55. The van der Waals surface area contributed by atoms with Crippen LogP contribution >= 0.6 is 0 Å². The SMILES string of the molecule is CC(=O)N1CCCC2(CCN(C(=O)c3cccnc3)C2)C1. The molecule has 5 nitrogen and oxygen atoms in total. The van der Waals surface area contributed by atoms with E-state index in [0.717, 1.165) is 45.4 Å². The molecule has 21 heavy (non-hydrogen) atoms. The number of pyridine rings is 1. The van der Waals surface area contributed by atoms with E-state index in [0.29, 0.717) is 5.56 Å². The Hall–Kier alpha value is -1.91. The molecular weight excluding hydrogens is 266 g/mol. The average Bonchev–Trinajstić information content (AvgIpc) is 2.91. The second-order valence-corrected chi connectivity index (χ2v) is 6.26. The van der Waals surface area contributed by atoms with Gasteiger partial charge in [0, 0.05) is 50.9 Å². The molecule has 2 aliphatic heterocycles. The number of amides is 2. The van der Waals surface area contributed by atoms with Gasteiger partial charge in [-0.05, 0) is 31.4 Å². The van der Waals surface area contributed by atoms with Gasteiger partial charge >= 0.3 is 0 Å². The fourth-order valence-corrected chi connectivity index (χ4v) is 3.59. The first-order valence-electron chi connectivity index (χ1n) is 7.55. The van der Waals surface area contributed by atoms with Crippen LogP contribution in [0.2, 0.25) is 0 Å². The maximum Gasteiger partial charge on any atom is 0.255 e. The molecule has 112 valence electrons. The third-order valence-electron chi connectivity index (χ3n) is 4.74. The minimum atomic E-state index is 0.0555. The lowest BCUT2D eigenvalue weighted by Gasteiger charge is -2.40. The molecular formula is C16H21N3O2. The van der Waals surface area contributed by atoms with Crippen molar-refractivity contribution in [2.75, 3.05) is 26.2 Å². The highest BCUT2D eigenvalue weighted by atomic mass is 16.2. The van der Waals surface area contributed by atoms with Gasteiger partial charge in [-0.3, -0.25) is 14.6 Å². The number of piperidine rings is 1. The Morgan fingerprint density at radius 2 is 2.00 bits per heavy atom. The van der Waals surface area contributed by atoms with Crippen LogP contribution in [0.15, 0.2) is 24.5 Å². The number of likely N-dealkylation sites (tertiary alicyclic amines) is 2. The maximum absolute atomic E-state index is 12.5. The summed E-state index contributed by atoms with van der Waals surface area (Å²) < 4.78 is 0. The van der Waals surface area contributed by atoms with Crippen LogP contribution < -0.4 is 0 Å². The Kier molecular flexibility index (Phi) is 3.66. The second kappa shape index (κ2) is 5.47. The van der Waals surface area contributed by atoms with Crippen molar-refractivity contribution in [3.8, 4) is 0 Å². The van der Waals surface area contributed by atoms with Crippen LogP contribution in [0.4, 0.5) is 0 Å². The van der Waals surface area contributed by atoms with Crippen molar-refractivity contribution in [2.45, 2.75) is 26.2 Å².